The van der Waals surface area contributed by atoms with Crippen molar-refractivity contribution in [3.63, 3.8) is 0 Å². The Labute approximate surface area is 182 Å². The summed E-state index contributed by atoms with van der Waals surface area (Å²) in [5, 5.41) is 0. The summed E-state index contributed by atoms with van der Waals surface area (Å²) in [5.74, 6) is -2.13. The van der Waals surface area contributed by atoms with Gasteiger partial charge in [-0.2, -0.15) is 0 Å². The van der Waals surface area contributed by atoms with E-state index in [2.05, 4.69) is 9.38 Å². The smallest absolute Gasteiger partial charge is 0.254 e. The second kappa shape index (κ2) is 8.49. The van der Waals surface area contributed by atoms with Gasteiger partial charge in [-0.1, -0.05) is 0 Å². The number of rotatable bonds is 4. The SMILES string of the molecule is CC(C)(C)N(C(=O)c1ccn2c(CC3CCOCC3)cnc2c1)C1CCC(F)(F)CC1. The van der Waals surface area contributed by atoms with E-state index in [9.17, 15) is 13.6 Å². The van der Waals surface area contributed by atoms with Crippen LogP contribution in [0.4, 0.5) is 8.78 Å². The molecule has 1 amide bonds. The van der Waals surface area contributed by atoms with Gasteiger partial charge in [0.2, 0.25) is 5.92 Å². The largest absolute Gasteiger partial charge is 0.381 e. The average Bonchev–Trinajstić information content (AvgIpc) is 3.11. The van der Waals surface area contributed by atoms with E-state index in [1.54, 1.807) is 4.90 Å². The Morgan fingerprint density at radius 2 is 1.90 bits per heavy atom. The number of ether oxygens (including phenoxy) is 1. The van der Waals surface area contributed by atoms with Gasteiger partial charge in [-0.05, 0) is 70.9 Å². The van der Waals surface area contributed by atoms with Crippen LogP contribution in [-0.4, -0.2) is 50.9 Å². The second-order valence-corrected chi connectivity index (χ2v) is 10.1. The van der Waals surface area contributed by atoms with E-state index in [0.29, 0.717) is 24.3 Å². The van der Waals surface area contributed by atoms with E-state index < -0.39 is 11.5 Å². The fourth-order valence-corrected chi connectivity index (χ4v) is 5.00. The number of imidazole rings is 1. The van der Waals surface area contributed by atoms with Gasteiger partial charge in [-0.15, -0.1) is 0 Å². The molecule has 1 aliphatic heterocycles. The van der Waals surface area contributed by atoms with Crippen molar-refractivity contribution >= 4 is 11.6 Å². The number of hydrogen-bond donors (Lipinski definition) is 0. The first-order valence-electron chi connectivity index (χ1n) is 11.4. The lowest BCUT2D eigenvalue weighted by atomic mass is 9.88. The monoisotopic (exact) mass is 433 g/mol. The van der Waals surface area contributed by atoms with E-state index in [-0.39, 0.29) is 24.8 Å². The highest BCUT2D eigenvalue weighted by Crippen LogP contribution is 2.37. The van der Waals surface area contributed by atoms with Gasteiger partial charge in [0.15, 0.2) is 0 Å². The van der Waals surface area contributed by atoms with Crippen molar-refractivity contribution in [3.8, 4) is 0 Å². The van der Waals surface area contributed by atoms with Crippen LogP contribution in [0.1, 0.15) is 75.3 Å². The number of carbonyl (C=O) groups excluding carboxylic acids is 1. The zero-order valence-corrected chi connectivity index (χ0v) is 18.7. The van der Waals surface area contributed by atoms with Gasteiger partial charge in [0.05, 0.1) is 0 Å². The average molecular weight is 434 g/mol. The first kappa shape index (κ1) is 22.2. The van der Waals surface area contributed by atoms with Crippen molar-refractivity contribution in [2.75, 3.05) is 13.2 Å². The lowest BCUT2D eigenvalue weighted by molar-refractivity contribution is -0.0590. The fourth-order valence-electron chi connectivity index (χ4n) is 5.00. The van der Waals surface area contributed by atoms with Crippen molar-refractivity contribution in [1.29, 1.82) is 0 Å². The minimum absolute atomic E-state index is 0.112. The fraction of sp³-hybridized carbons (Fsp3) is 0.667. The third-order valence-electron chi connectivity index (χ3n) is 6.67. The molecule has 1 aliphatic carbocycles. The van der Waals surface area contributed by atoms with Crippen LogP contribution in [0.2, 0.25) is 0 Å². The number of alkyl halides is 2. The van der Waals surface area contributed by atoms with Gasteiger partial charge in [-0.25, -0.2) is 13.8 Å². The molecule has 2 aromatic heterocycles. The standard InChI is InChI=1S/C24H33F2N3O2/c1-23(2,3)29(19-4-9-24(25,26)10-5-19)22(30)18-6-11-28-20(16-27-21(28)15-18)14-17-7-12-31-13-8-17/h6,11,15-17,19H,4-5,7-10,12-14H2,1-3H3. The first-order chi connectivity index (χ1) is 14.6. The maximum Gasteiger partial charge on any atom is 0.254 e. The molecule has 7 heteroatoms. The molecule has 4 rings (SSSR count). The molecule has 0 aromatic carbocycles. The molecule has 2 fully saturated rings. The van der Waals surface area contributed by atoms with Crippen LogP contribution in [0, 0.1) is 5.92 Å². The van der Waals surface area contributed by atoms with Crippen molar-refractivity contribution in [3.05, 3.63) is 35.8 Å². The molecule has 2 aromatic rings. The number of amides is 1. The van der Waals surface area contributed by atoms with Crippen LogP contribution in [-0.2, 0) is 11.2 Å². The predicted octanol–water partition coefficient (Wildman–Crippen LogP) is 5.12. The van der Waals surface area contributed by atoms with Crippen molar-refractivity contribution in [1.82, 2.24) is 14.3 Å². The van der Waals surface area contributed by atoms with Crippen LogP contribution in [0.5, 0.6) is 0 Å². The van der Waals surface area contributed by atoms with Gasteiger partial charge in [0.1, 0.15) is 5.65 Å². The van der Waals surface area contributed by atoms with E-state index in [1.807, 2.05) is 45.3 Å². The zero-order valence-electron chi connectivity index (χ0n) is 18.7. The number of nitrogens with zero attached hydrogens (tertiary/aromatic N) is 3. The molecule has 0 radical (unpaired) electrons. The third-order valence-corrected chi connectivity index (χ3v) is 6.67. The molecule has 5 nitrogen and oxygen atoms in total. The van der Waals surface area contributed by atoms with Crippen molar-refractivity contribution in [2.45, 2.75) is 83.2 Å². The Morgan fingerprint density at radius 3 is 2.55 bits per heavy atom. The molecule has 0 unspecified atom stereocenters. The Hall–Kier alpha value is -2.02. The van der Waals surface area contributed by atoms with Gasteiger partial charge in [0.25, 0.3) is 5.91 Å². The quantitative estimate of drug-likeness (QED) is 0.672. The minimum atomic E-state index is -2.61. The van der Waals surface area contributed by atoms with Crippen molar-refractivity contribution < 1.29 is 18.3 Å². The number of carbonyl (C=O) groups is 1. The Kier molecular flexibility index (Phi) is 6.08. The van der Waals surface area contributed by atoms with E-state index in [4.69, 9.17) is 4.74 Å². The maximum atomic E-state index is 13.7. The number of pyridine rings is 1. The summed E-state index contributed by atoms with van der Waals surface area (Å²) in [4.78, 5) is 19.9. The summed E-state index contributed by atoms with van der Waals surface area (Å²) >= 11 is 0. The molecule has 0 N–H and O–H groups in total. The number of halogens is 2. The highest BCUT2D eigenvalue weighted by molar-refractivity contribution is 5.95. The number of aromatic nitrogens is 2. The van der Waals surface area contributed by atoms with Gasteiger partial charge in [0, 0.05) is 61.3 Å². The molecule has 0 bridgehead atoms. The van der Waals surface area contributed by atoms with Crippen molar-refractivity contribution in [2.24, 2.45) is 5.92 Å². The topological polar surface area (TPSA) is 46.8 Å². The lowest BCUT2D eigenvalue weighted by Crippen LogP contribution is -2.53. The summed E-state index contributed by atoms with van der Waals surface area (Å²) in [5.41, 5.74) is 1.99. The van der Waals surface area contributed by atoms with E-state index >= 15 is 0 Å². The van der Waals surface area contributed by atoms with Crippen LogP contribution in [0.25, 0.3) is 5.65 Å². The molecule has 170 valence electrons. The van der Waals surface area contributed by atoms with Gasteiger partial charge < -0.3 is 14.0 Å². The summed E-state index contributed by atoms with van der Waals surface area (Å²) < 4.78 is 34.9. The van der Waals surface area contributed by atoms with Gasteiger partial charge >= 0.3 is 0 Å². The number of fused-ring (bicyclic) bond motifs is 1. The Bertz CT molecular complexity index is 919. The van der Waals surface area contributed by atoms with E-state index in [0.717, 1.165) is 43.8 Å². The maximum absolute atomic E-state index is 13.7. The summed E-state index contributed by atoms with van der Waals surface area (Å²) in [6.45, 7) is 7.54. The molecule has 0 atom stereocenters. The minimum Gasteiger partial charge on any atom is -0.381 e. The van der Waals surface area contributed by atoms with E-state index in [1.165, 1.54) is 0 Å². The first-order valence-corrected chi connectivity index (χ1v) is 11.4. The highest BCUT2D eigenvalue weighted by Gasteiger charge is 2.41. The molecular formula is C24H33F2N3O2. The number of hydrogen-bond acceptors (Lipinski definition) is 3. The summed E-state index contributed by atoms with van der Waals surface area (Å²) in [6, 6.07) is 3.49. The van der Waals surface area contributed by atoms with Crippen LogP contribution in [0.3, 0.4) is 0 Å². The molecular weight excluding hydrogens is 400 g/mol. The molecule has 0 spiro atoms. The third kappa shape index (κ3) is 4.92. The second-order valence-electron chi connectivity index (χ2n) is 10.1. The summed E-state index contributed by atoms with van der Waals surface area (Å²) in [6.07, 6.45) is 7.22. The molecule has 31 heavy (non-hydrogen) atoms. The molecule has 2 aliphatic rings. The summed E-state index contributed by atoms with van der Waals surface area (Å²) in [7, 11) is 0. The van der Waals surface area contributed by atoms with Crippen LogP contribution in [0.15, 0.2) is 24.5 Å². The lowest BCUT2D eigenvalue weighted by Gasteiger charge is -2.44. The zero-order chi connectivity index (χ0) is 22.2. The predicted molar refractivity (Wildman–Crippen MR) is 116 cm³/mol. The molecule has 3 heterocycles. The molecule has 1 saturated carbocycles. The Morgan fingerprint density at radius 1 is 1.23 bits per heavy atom. The molecule has 1 saturated heterocycles. The van der Waals surface area contributed by atoms with Gasteiger partial charge in [-0.3, -0.25) is 4.79 Å². The van der Waals surface area contributed by atoms with Crippen LogP contribution < -0.4 is 0 Å². The van der Waals surface area contributed by atoms with Crippen LogP contribution >= 0.6 is 0 Å². The highest BCUT2D eigenvalue weighted by atomic mass is 19.3. The normalized spacial score (nSPS) is 20.8. The Balaban J connectivity index is 1.55.